The molecule has 0 unspecified atom stereocenters. The van der Waals surface area contributed by atoms with Crippen LogP contribution in [0.15, 0.2) is 30.5 Å². The number of hydrogen-bond donors (Lipinski definition) is 1. The first-order chi connectivity index (χ1) is 9.65. The largest absolute Gasteiger partial charge is 0.497 e. The topological polar surface area (TPSA) is 73.6 Å². The summed E-state index contributed by atoms with van der Waals surface area (Å²) in [5.74, 6) is 0.381. The van der Waals surface area contributed by atoms with E-state index in [0.29, 0.717) is 17.9 Å². The van der Waals surface area contributed by atoms with Gasteiger partial charge in [0.25, 0.3) is 0 Å². The Kier molecular flexibility index (Phi) is 4.24. The van der Waals surface area contributed by atoms with E-state index in [1.165, 1.54) is 10.9 Å². The van der Waals surface area contributed by atoms with Gasteiger partial charge in [0.05, 0.1) is 13.3 Å². The molecule has 0 fully saturated rings. The van der Waals surface area contributed by atoms with Crippen molar-refractivity contribution in [2.24, 2.45) is 0 Å². The fourth-order valence-electron chi connectivity index (χ4n) is 1.85. The molecule has 0 atom stereocenters. The number of carboxylic acid groups (broad SMARTS) is 1. The van der Waals surface area contributed by atoms with E-state index in [0.717, 1.165) is 5.75 Å². The molecular weight excluding hydrogens is 260 g/mol. The molecule has 2 aromatic rings. The predicted octanol–water partition coefficient (Wildman–Crippen LogP) is 2.19. The van der Waals surface area contributed by atoms with Crippen molar-refractivity contribution in [3.8, 4) is 11.5 Å². The number of aromatic carboxylic acids is 1. The van der Waals surface area contributed by atoms with Gasteiger partial charge in [0, 0.05) is 12.1 Å². The highest BCUT2D eigenvalue weighted by Crippen LogP contribution is 2.19. The van der Waals surface area contributed by atoms with Gasteiger partial charge in [-0.15, -0.1) is 0 Å². The van der Waals surface area contributed by atoms with Crippen molar-refractivity contribution in [3.63, 3.8) is 0 Å². The highest BCUT2D eigenvalue weighted by molar-refractivity contribution is 5.87. The van der Waals surface area contributed by atoms with Gasteiger partial charge in [0.2, 0.25) is 0 Å². The van der Waals surface area contributed by atoms with Crippen molar-refractivity contribution < 1.29 is 19.4 Å². The second-order valence-electron chi connectivity index (χ2n) is 4.10. The minimum Gasteiger partial charge on any atom is -0.497 e. The summed E-state index contributed by atoms with van der Waals surface area (Å²) in [6, 6.07) is 7.10. The zero-order valence-corrected chi connectivity index (χ0v) is 11.4. The van der Waals surface area contributed by atoms with E-state index in [4.69, 9.17) is 9.47 Å². The van der Waals surface area contributed by atoms with Crippen LogP contribution >= 0.6 is 0 Å². The molecule has 1 aromatic carbocycles. The Balaban J connectivity index is 2.10. The van der Waals surface area contributed by atoms with Gasteiger partial charge in [-0.2, -0.15) is 5.10 Å². The fourth-order valence-corrected chi connectivity index (χ4v) is 1.85. The molecule has 1 N–H and O–H groups in total. The molecule has 0 bridgehead atoms. The number of ether oxygens (including phenoxy) is 2. The summed E-state index contributed by atoms with van der Waals surface area (Å²) in [6.45, 7) is 2.51. The van der Waals surface area contributed by atoms with E-state index in [-0.39, 0.29) is 12.3 Å². The molecular formula is C14H16N2O4. The number of benzene rings is 1. The van der Waals surface area contributed by atoms with Gasteiger partial charge in [0.15, 0.2) is 5.69 Å². The van der Waals surface area contributed by atoms with Gasteiger partial charge in [-0.3, -0.25) is 4.68 Å². The number of methoxy groups -OCH3 is 1. The second kappa shape index (κ2) is 6.10. The molecule has 0 spiro atoms. The van der Waals surface area contributed by atoms with E-state index in [1.54, 1.807) is 31.4 Å². The lowest BCUT2D eigenvalue weighted by Crippen LogP contribution is -2.11. The Morgan fingerprint density at radius 3 is 2.50 bits per heavy atom. The molecule has 0 saturated heterocycles. The highest BCUT2D eigenvalue weighted by Gasteiger charge is 2.17. The predicted molar refractivity (Wildman–Crippen MR) is 72.2 cm³/mol. The van der Waals surface area contributed by atoms with Crippen LogP contribution in [0.1, 0.15) is 23.0 Å². The summed E-state index contributed by atoms with van der Waals surface area (Å²) in [5, 5.41) is 13.2. The molecule has 20 heavy (non-hydrogen) atoms. The minimum atomic E-state index is -1.00. The van der Waals surface area contributed by atoms with Crippen LogP contribution < -0.4 is 9.47 Å². The normalized spacial score (nSPS) is 10.3. The summed E-state index contributed by atoms with van der Waals surface area (Å²) in [4.78, 5) is 11.2. The first kappa shape index (κ1) is 13.9. The Labute approximate surface area is 116 Å². The molecule has 1 aromatic heterocycles. The smallest absolute Gasteiger partial charge is 0.354 e. The maximum absolute atomic E-state index is 11.2. The van der Waals surface area contributed by atoms with Gasteiger partial charge < -0.3 is 14.6 Å². The second-order valence-corrected chi connectivity index (χ2v) is 4.10. The van der Waals surface area contributed by atoms with Crippen molar-refractivity contribution in [3.05, 3.63) is 41.7 Å². The van der Waals surface area contributed by atoms with Crippen LogP contribution in [0.25, 0.3) is 0 Å². The maximum Gasteiger partial charge on any atom is 0.354 e. The van der Waals surface area contributed by atoms with Gasteiger partial charge in [0.1, 0.15) is 18.1 Å². The lowest BCUT2D eigenvalue weighted by Gasteiger charge is -2.07. The summed E-state index contributed by atoms with van der Waals surface area (Å²) >= 11 is 0. The molecule has 6 heteroatoms. The summed E-state index contributed by atoms with van der Waals surface area (Å²) in [5.41, 5.74) is 0.719. The molecule has 106 valence electrons. The molecule has 1 heterocycles. The van der Waals surface area contributed by atoms with Crippen LogP contribution in [0.5, 0.6) is 11.5 Å². The van der Waals surface area contributed by atoms with E-state index in [2.05, 4.69) is 5.10 Å². The van der Waals surface area contributed by atoms with Crippen molar-refractivity contribution in [2.45, 2.75) is 20.1 Å². The van der Waals surface area contributed by atoms with Gasteiger partial charge in [-0.25, -0.2) is 4.79 Å². The number of aryl methyl sites for hydroxylation is 1. The number of carboxylic acids is 1. The SMILES string of the molecule is CCn1ncc(COc2ccc(OC)cc2)c1C(=O)O. The zero-order chi connectivity index (χ0) is 14.5. The van der Waals surface area contributed by atoms with Gasteiger partial charge in [-0.05, 0) is 31.2 Å². The number of hydrogen-bond acceptors (Lipinski definition) is 4. The standard InChI is InChI=1S/C14H16N2O4/c1-3-16-13(14(17)18)10(8-15-16)9-20-12-6-4-11(19-2)5-7-12/h4-8H,3,9H2,1-2H3,(H,17,18). The van der Waals surface area contributed by atoms with Crippen LogP contribution in [0.4, 0.5) is 0 Å². The third kappa shape index (κ3) is 2.90. The molecule has 0 aliphatic rings. The Bertz CT molecular complexity index is 590. The van der Waals surface area contributed by atoms with E-state index in [9.17, 15) is 9.90 Å². The number of aromatic nitrogens is 2. The van der Waals surface area contributed by atoms with E-state index in [1.807, 2.05) is 6.92 Å². The van der Waals surface area contributed by atoms with Crippen LogP contribution in [0.2, 0.25) is 0 Å². The van der Waals surface area contributed by atoms with Crippen molar-refractivity contribution in [1.29, 1.82) is 0 Å². The van der Waals surface area contributed by atoms with Gasteiger partial charge in [-0.1, -0.05) is 0 Å². The molecule has 0 aliphatic heterocycles. The number of nitrogens with zero attached hydrogens (tertiary/aromatic N) is 2. The first-order valence-corrected chi connectivity index (χ1v) is 6.20. The molecule has 0 aliphatic carbocycles. The third-order valence-electron chi connectivity index (χ3n) is 2.87. The first-order valence-electron chi connectivity index (χ1n) is 6.20. The molecule has 2 rings (SSSR count). The Morgan fingerprint density at radius 1 is 1.30 bits per heavy atom. The monoisotopic (exact) mass is 276 g/mol. The van der Waals surface area contributed by atoms with Crippen LogP contribution in [0, 0.1) is 0 Å². The minimum absolute atomic E-state index is 0.161. The average molecular weight is 276 g/mol. The van der Waals surface area contributed by atoms with Crippen LogP contribution in [-0.4, -0.2) is 28.0 Å². The van der Waals surface area contributed by atoms with E-state index >= 15 is 0 Å². The summed E-state index contributed by atoms with van der Waals surface area (Å²) in [6.07, 6.45) is 1.52. The zero-order valence-electron chi connectivity index (χ0n) is 11.4. The Hall–Kier alpha value is -2.50. The fraction of sp³-hybridized carbons (Fsp3) is 0.286. The molecule has 6 nitrogen and oxygen atoms in total. The van der Waals surface area contributed by atoms with Crippen molar-refractivity contribution in [1.82, 2.24) is 9.78 Å². The molecule has 0 radical (unpaired) electrons. The van der Waals surface area contributed by atoms with Gasteiger partial charge >= 0.3 is 5.97 Å². The molecule has 0 amide bonds. The van der Waals surface area contributed by atoms with Crippen molar-refractivity contribution >= 4 is 5.97 Å². The van der Waals surface area contributed by atoms with Crippen LogP contribution in [0.3, 0.4) is 0 Å². The number of carbonyl (C=O) groups is 1. The lowest BCUT2D eigenvalue weighted by molar-refractivity contribution is 0.0680. The summed E-state index contributed by atoms with van der Waals surface area (Å²) < 4.78 is 12.1. The summed E-state index contributed by atoms with van der Waals surface area (Å²) in [7, 11) is 1.59. The lowest BCUT2D eigenvalue weighted by atomic mass is 10.2. The maximum atomic E-state index is 11.2. The van der Waals surface area contributed by atoms with Crippen molar-refractivity contribution in [2.75, 3.05) is 7.11 Å². The van der Waals surface area contributed by atoms with Crippen LogP contribution in [-0.2, 0) is 13.2 Å². The quantitative estimate of drug-likeness (QED) is 0.875. The average Bonchev–Trinajstić information content (AvgIpc) is 2.88. The van der Waals surface area contributed by atoms with E-state index < -0.39 is 5.97 Å². The third-order valence-corrected chi connectivity index (χ3v) is 2.87. The molecule has 0 saturated carbocycles. The Morgan fingerprint density at radius 2 is 1.95 bits per heavy atom. The highest BCUT2D eigenvalue weighted by atomic mass is 16.5. The number of rotatable bonds is 6.